The number of rotatable bonds is 5. The number of anilines is 1. The maximum absolute atomic E-state index is 5.45. The van der Waals surface area contributed by atoms with Crippen molar-refractivity contribution >= 4 is 5.69 Å². The van der Waals surface area contributed by atoms with Crippen molar-refractivity contribution in [3.63, 3.8) is 0 Å². The minimum Gasteiger partial charge on any atom is -0.384 e. The highest BCUT2D eigenvalue weighted by Crippen LogP contribution is 2.19. The summed E-state index contributed by atoms with van der Waals surface area (Å²) in [7, 11) is 0. The second kappa shape index (κ2) is 5.90. The summed E-state index contributed by atoms with van der Waals surface area (Å²) in [5.41, 5.74) is 2.71. The first-order valence-corrected chi connectivity index (χ1v) is 5.92. The van der Waals surface area contributed by atoms with E-state index in [1.165, 1.54) is 11.3 Å². The molecular formula is C14H23NO. The van der Waals surface area contributed by atoms with Gasteiger partial charge < -0.3 is 10.1 Å². The van der Waals surface area contributed by atoms with Crippen LogP contribution in [0.4, 0.5) is 5.69 Å². The fourth-order valence-electron chi connectivity index (χ4n) is 1.39. The lowest BCUT2D eigenvalue weighted by molar-refractivity contribution is 0.134. The van der Waals surface area contributed by atoms with E-state index in [1.807, 2.05) is 6.92 Å². The molecule has 1 aromatic rings. The molecule has 0 spiro atoms. The van der Waals surface area contributed by atoms with Crippen LogP contribution in [0.2, 0.25) is 0 Å². The molecule has 0 radical (unpaired) electrons. The van der Waals surface area contributed by atoms with E-state index in [0.717, 1.165) is 13.2 Å². The Kier molecular flexibility index (Phi) is 4.81. The van der Waals surface area contributed by atoms with E-state index >= 15 is 0 Å². The lowest BCUT2D eigenvalue weighted by atomic mass is 9.96. The van der Waals surface area contributed by atoms with Crippen LogP contribution in [0.3, 0.4) is 0 Å². The Labute approximate surface area is 99.0 Å². The van der Waals surface area contributed by atoms with E-state index in [4.69, 9.17) is 4.74 Å². The first kappa shape index (κ1) is 13.0. The van der Waals surface area contributed by atoms with Crippen molar-refractivity contribution in [1.82, 2.24) is 0 Å². The fourth-order valence-corrected chi connectivity index (χ4v) is 1.39. The van der Waals surface area contributed by atoms with Gasteiger partial charge in [0, 0.05) is 24.4 Å². The molecule has 0 saturated carbocycles. The Balaban J connectivity index is 2.63. The Morgan fingerprint density at radius 2 is 1.88 bits per heavy atom. The molecule has 0 unspecified atom stereocenters. The summed E-state index contributed by atoms with van der Waals surface area (Å²) in [5, 5.41) is 3.48. The van der Waals surface area contributed by atoms with Gasteiger partial charge in [0.25, 0.3) is 0 Å². The van der Waals surface area contributed by atoms with Crippen molar-refractivity contribution in [2.75, 3.05) is 18.5 Å². The number of ether oxygens (including phenoxy) is 1. The fraction of sp³-hybridized carbons (Fsp3) is 0.571. The van der Waals surface area contributed by atoms with Gasteiger partial charge in [0.2, 0.25) is 0 Å². The van der Waals surface area contributed by atoms with E-state index in [2.05, 4.69) is 50.4 Å². The van der Waals surface area contributed by atoms with Crippen molar-refractivity contribution in [2.45, 2.75) is 34.3 Å². The molecule has 0 aliphatic carbocycles. The molecule has 1 rings (SSSR count). The molecular weight excluding hydrogens is 198 g/mol. The van der Waals surface area contributed by atoms with Gasteiger partial charge in [-0.2, -0.15) is 0 Å². The van der Waals surface area contributed by atoms with Gasteiger partial charge in [-0.3, -0.25) is 0 Å². The second-order valence-corrected chi connectivity index (χ2v) is 5.21. The van der Waals surface area contributed by atoms with Gasteiger partial charge in [0.1, 0.15) is 0 Å². The van der Waals surface area contributed by atoms with Crippen LogP contribution < -0.4 is 5.32 Å². The van der Waals surface area contributed by atoms with Crippen LogP contribution in [0.1, 0.15) is 33.3 Å². The standard InChI is InChI=1S/C14H23NO/c1-5-16-10-12-8-6-7-9-13(12)15-11-14(2,3)4/h6-9,15H,5,10-11H2,1-4H3. The number of nitrogens with one attached hydrogen (secondary N) is 1. The quantitative estimate of drug-likeness (QED) is 0.819. The van der Waals surface area contributed by atoms with E-state index in [1.54, 1.807) is 0 Å². The summed E-state index contributed by atoms with van der Waals surface area (Å²) in [5.74, 6) is 0. The largest absolute Gasteiger partial charge is 0.384 e. The second-order valence-electron chi connectivity index (χ2n) is 5.21. The maximum Gasteiger partial charge on any atom is 0.0736 e. The highest BCUT2D eigenvalue weighted by atomic mass is 16.5. The number of hydrogen-bond donors (Lipinski definition) is 1. The van der Waals surface area contributed by atoms with Crippen LogP contribution in [0, 0.1) is 5.41 Å². The summed E-state index contributed by atoms with van der Waals surface area (Å²) in [6.07, 6.45) is 0. The third-order valence-electron chi connectivity index (χ3n) is 2.29. The molecule has 0 aliphatic heterocycles. The molecule has 90 valence electrons. The zero-order valence-electron chi connectivity index (χ0n) is 10.8. The molecule has 1 N–H and O–H groups in total. The van der Waals surface area contributed by atoms with Crippen LogP contribution in [0.5, 0.6) is 0 Å². The third-order valence-corrected chi connectivity index (χ3v) is 2.29. The summed E-state index contributed by atoms with van der Waals surface area (Å²) < 4.78 is 5.45. The normalized spacial score (nSPS) is 11.5. The monoisotopic (exact) mass is 221 g/mol. The van der Waals surface area contributed by atoms with Crippen LogP contribution in [0.25, 0.3) is 0 Å². The number of benzene rings is 1. The molecule has 0 aromatic heterocycles. The van der Waals surface area contributed by atoms with E-state index in [0.29, 0.717) is 12.0 Å². The molecule has 0 bridgehead atoms. The molecule has 0 atom stereocenters. The van der Waals surface area contributed by atoms with Crippen molar-refractivity contribution < 1.29 is 4.74 Å². The van der Waals surface area contributed by atoms with Crippen molar-refractivity contribution in [3.05, 3.63) is 29.8 Å². The number of para-hydroxylation sites is 1. The minimum atomic E-state index is 0.290. The molecule has 0 heterocycles. The maximum atomic E-state index is 5.45. The summed E-state index contributed by atoms with van der Waals surface area (Å²) in [4.78, 5) is 0. The van der Waals surface area contributed by atoms with Gasteiger partial charge in [0.15, 0.2) is 0 Å². The van der Waals surface area contributed by atoms with E-state index in [-0.39, 0.29) is 0 Å². The minimum absolute atomic E-state index is 0.290. The summed E-state index contributed by atoms with van der Waals surface area (Å²) in [6.45, 7) is 11.1. The van der Waals surface area contributed by atoms with Crippen molar-refractivity contribution in [3.8, 4) is 0 Å². The molecule has 1 aromatic carbocycles. The molecule has 2 nitrogen and oxygen atoms in total. The van der Waals surface area contributed by atoms with Crippen LogP contribution in [-0.4, -0.2) is 13.2 Å². The highest BCUT2D eigenvalue weighted by Gasteiger charge is 2.10. The lowest BCUT2D eigenvalue weighted by Crippen LogP contribution is -2.19. The van der Waals surface area contributed by atoms with Gasteiger partial charge >= 0.3 is 0 Å². The first-order chi connectivity index (χ1) is 7.53. The topological polar surface area (TPSA) is 21.3 Å². The number of hydrogen-bond acceptors (Lipinski definition) is 2. The molecule has 0 amide bonds. The lowest BCUT2D eigenvalue weighted by Gasteiger charge is -2.21. The smallest absolute Gasteiger partial charge is 0.0736 e. The average Bonchev–Trinajstić information content (AvgIpc) is 2.23. The molecule has 0 fully saturated rings. The van der Waals surface area contributed by atoms with Crippen molar-refractivity contribution in [2.24, 2.45) is 5.41 Å². The van der Waals surface area contributed by atoms with E-state index < -0.39 is 0 Å². The Morgan fingerprint density at radius 3 is 2.50 bits per heavy atom. The van der Waals surface area contributed by atoms with E-state index in [9.17, 15) is 0 Å². The van der Waals surface area contributed by atoms with Gasteiger partial charge in [0.05, 0.1) is 6.61 Å². The van der Waals surface area contributed by atoms with Gasteiger partial charge in [-0.25, -0.2) is 0 Å². The highest BCUT2D eigenvalue weighted by molar-refractivity contribution is 5.50. The van der Waals surface area contributed by atoms with Crippen LogP contribution in [-0.2, 0) is 11.3 Å². The zero-order chi connectivity index (χ0) is 12.0. The van der Waals surface area contributed by atoms with Gasteiger partial charge in [-0.1, -0.05) is 39.0 Å². The van der Waals surface area contributed by atoms with Crippen molar-refractivity contribution in [1.29, 1.82) is 0 Å². The van der Waals surface area contributed by atoms with Gasteiger partial charge in [-0.15, -0.1) is 0 Å². The molecule has 0 aliphatic rings. The predicted molar refractivity (Wildman–Crippen MR) is 69.7 cm³/mol. The van der Waals surface area contributed by atoms with Crippen LogP contribution in [0.15, 0.2) is 24.3 Å². The Hall–Kier alpha value is -1.02. The predicted octanol–water partition coefficient (Wildman–Crippen LogP) is 3.68. The third kappa shape index (κ3) is 4.67. The molecule has 0 saturated heterocycles. The van der Waals surface area contributed by atoms with Gasteiger partial charge in [-0.05, 0) is 18.4 Å². The zero-order valence-corrected chi connectivity index (χ0v) is 10.8. The SMILES string of the molecule is CCOCc1ccccc1NCC(C)(C)C. The van der Waals surface area contributed by atoms with Crippen LogP contribution >= 0.6 is 0 Å². The molecule has 16 heavy (non-hydrogen) atoms. The molecule has 2 heteroatoms. The Morgan fingerprint density at radius 1 is 1.19 bits per heavy atom. The summed E-state index contributed by atoms with van der Waals surface area (Å²) >= 11 is 0. The first-order valence-electron chi connectivity index (χ1n) is 5.92. The Bertz CT molecular complexity index is 315. The summed E-state index contributed by atoms with van der Waals surface area (Å²) in [6, 6.07) is 8.33. The average molecular weight is 221 g/mol.